The van der Waals surface area contributed by atoms with E-state index in [9.17, 15) is 0 Å². The number of nitrogens with one attached hydrogen (secondary N) is 1. The molecule has 0 radical (unpaired) electrons. The number of hydrogen-bond acceptors (Lipinski definition) is 5. The summed E-state index contributed by atoms with van der Waals surface area (Å²) in [5.74, 6) is 1.40. The molecule has 0 spiro atoms. The van der Waals surface area contributed by atoms with Crippen LogP contribution in [0.15, 0.2) is 16.8 Å². The fraction of sp³-hybridized carbons (Fsp3) is 0.462. The molecule has 2 fully saturated rings. The molecule has 4 rings (SSSR count). The third-order valence-corrected chi connectivity index (χ3v) is 4.57. The lowest BCUT2D eigenvalue weighted by molar-refractivity contribution is 0.329. The van der Waals surface area contributed by atoms with Crippen LogP contribution in [0.5, 0.6) is 0 Å². The van der Waals surface area contributed by atoms with Gasteiger partial charge in [-0.3, -0.25) is 0 Å². The van der Waals surface area contributed by atoms with Gasteiger partial charge >= 0.3 is 0 Å². The Kier molecular flexibility index (Phi) is 2.94. The monoisotopic (exact) mass is 310 g/mol. The Morgan fingerprint density at radius 3 is 2.90 bits per heavy atom. The highest BCUT2D eigenvalue weighted by Crippen LogP contribution is 2.39. The lowest BCUT2D eigenvalue weighted by atomic mass is 9.89. The fourth-order valence-corrected chi connectivity index (χ4v) is 3.62. The van der Waals surface area contributed by atoms with Crippen molar-refractivity contribution in [3.8, 4) is 11.5 Å². The number of nitrogens with zero attached hydrogens (tertiary/aromatic N) is 3. The van der Waals surface area contributed by atoms with Gasteiger partial charge in [0.1, 0.15) is 5.69 Å². The molecule has 2 aliphatic rings. The van der Waals surface area contributed by atoms with Crippen LogP contribution in [0.2, 0.25) is 10.0 Å². The van der Waals surface area contributed by atoms with Crippen molar-refractivity contribution in [2.45, 2.75) is 37.3 Å². The zero-order chi connectivity index (χ0) is 13.7. The van der Waals surface area contributed by atoms with Crippen molar-refractivity contribution in [1.82, 2.24) is 20.4 Å². The summed E-state index contributed by atoms with van der Waals surface area (Å²) in [7, 11) is 0. The maximum absolute atomic E-state index is 6.12. The lowest BCUT2D eigenvalue weighted by Crippen LogP contribution is -2.21. The highest BCUT2D eigenvalue weighted by molar-refractivity contribution is 6.35. The Bertz CT molecular complexity index is 660. The van der Waals surface area contributed by atoms with Gasteiger partial charge < -0.3 is 9.84 Å². The molecule has 4 heterocycles. The predicted octanol–water partition coefficient (Wildman–Crippen LogP) is 3.05. The minimum absolute atomic E-state index is 0.307. The topological polar surface area (TPSA) is 63.8 Å². The number of pyridine rings is 1. The zero-order valence-corrected chi connectivity index (χ0v) is 12.0. The van der Waals surface area contributed by atoms with Crippen molar-refractivity contribution in [3.05, 3.63) is 28.2 Å². The van der Waals surface area contributed by atoms with E-state index in [0.717, 1.165) is 6.42 Å². The third kappa shape index (κ3) is 2.01. The van der Waals surface area contributed by atoms with Gasteiger partial charge in [-0.1, -0.05) is 28.4 Å². The van der Waals surface area contributed by atoms with Crippen LogP contribution in [-0.2, 0) is 0 Å². The van der Waals surface area contributed by atoms with Crippen molar-refractivity contribution < 1.29 is 4.52 Å². The molecule has 2 saturated heterocycles. The molecular formula is C13H12Cl2N4O. The molecule has 0 aliphatic carbocycles. The highest BCUT2D eigenvalue weighted by atomic mass is 35.5. The van der Waals surface area contributed by atoms with E-state index in [4.69, 9.17) is 27.7 Å². The van der Waals surface area contributed by atoms with E-state index in [2.05, 4.69) is 20.4 Å². The SMILES string of the molecule is Clc1cnc(-c2noc(C3CC4CCC3N4)n2)c(Cl)c1. The molecule has 3 unspecified atom stereocenters. The van der Waals surface area contributed by atoms with Crippen LogP contribution in [0.25, 0.3) is 11.5 Å². The first-order valence-corrected chi connectivity index (χ1v) is 7.37. The predicted molar refractivity (Wildman–Crippen MR) is 74.9 cm³/mol. The van der Waals surface area contributed by atoms with Crippen LogP contribution in [0, 0.1) is 0 Å². The van der Waals surface area contributed by atoms with Crippen molar-refractivity contribution in [2.75, 3.05) is 0 Å². The summed E-state index contributed by atoms with van der Waals surface area (Å²) in [4.78, 5) is 8.64. The molecule has 0 saturated carbocycles. The van der Waals surface area contributed by atoms with E-state index in [-0.39, 0.29) is 0 Å². The average Bonchev–Trinajstić information content (AvgIpc) is 3.14. The smallest absolute Gasteiger partial charge is 0.231 e. The fourth-order valence-electron chi connectivity index (χ4n) is 3.16. The molecule has 5 nitrogen and oxygen atoms in total. The standard InChI is InChI=1S/C13H12Cl2N4O/c14-6-3-9(15)11(16-5-6)12-18-13(20-19-12)8-4-7-1-2-10(8)17-7/h3,5,7-8,10,17H,1-2,4H2. The maximum atomic E-state index is 6.12. The first-order valence-electron chi connectivity index (χ1n) is 6.62. The molecule has 104 valence electrons. The Morgan fingerprint density at radius 1 is 1.30 bits per heavy atom. The normalized spacial score (nSPS) is 28.2. The van der Waals surface area contributed by atoms with Gasteiger partial charge in [0.15, 0.2) is 0 Å². The number of rotatable bonds is 2. The van der Waals surface area contributed by atoms with E-state index >= 15 is 0 Å². The Morgan fingerprint density at radius 2 is 2.20 bits per heavy atom. The quantitative estimate of drug-likeness (QED) is 0.923. The lowest BCUT2D eigenvalue weighted by Gasteiger charge is -2.15. The van der Waals surface area contributed by atoms with Crippen molar-refractivity contribution in [1.29, 1.82) is 0 Å². The van der Waals surface area contributed by atoms with E-state index < -0.39 is 0 Å². The number of fused-ring (bicyclic) bond motifs is 2. The van der Waals surface area contributed by atoms with Crippen molar-refractivity contribution >= 4 is 23.2 Å². The van der Waals surface area contributed by atoms with Crippen LogP contribution in [0.3, 0.4) is 0 Å². The number of hydrogen-bond donors (Lipinski definition) is 1. The Labute approximate surface area is 125 Å². The summed E-state index contributed by atoms with van der Waals surface area (Å²) >= 11 is 12.0. The molecule has 20 heavy (non-hydrogen) atoms. The van der Waals surface area contributed by atoms with Gasteiger partial charge in [0.05, 0.1) is 16.0 Å². The summed E-state index contributed by atoms with van der Waals surface area (Å²) in [6, 6.07) is 2.68. The van der Waals surface area contributed by atoms with Crippen LogP contribution in [0.1, 0.15) is 31.1 Å². The maximum Gasteiger partial charge on any atom is 0.231 e. The molecule has 7 heteroatoms. The van der Waals surface area contributed by atoms with Gasteiger partial charge in [-0.2, -0.15) is 4.98 Å². The van der Waals surface area contributed by atoms with Crippen LogP contribution in [0.4, 0.5) is 0 Å². The van der Waals surface area contributed by atoms with Gasteiger partial charge in [0.25, 0.3) is 0 Å². The summed E-state index contributed by atoms with van der Waals surface area (Å²) in [6.45, 7) is 0. The third-order valence-electron chi connectivity index (χ3n) is 4.08. The first kappa shape index (κ1) is 12.6. The minimum atomic E-state index is 0.307. The zero-order valence-electron chi connectivity index (χ0n) is 10.5. The van der Waals surface area contributed by atoms with Gasteiger partial charge in [-0.05, 0) is 25.3 Å². The van der Waals surface area contributed by atoms with Crippen LogP contribution in [-0.4, -0.2) is 27.2 Å². The van der Waals surface area contributed by atoms with Crippen molar-refractivity contribution in [3.63, 3.8) is 0 Å². The number of aromatic nitrogens is 3. The van der Waals surface area contributed by atoms with Gasteiger partial charge in [-0.25, -0.2) is 4.98 Å². The van der Waals surface area contributed by atoms with Gasteiger partial charge in [0, 0.05) is 18.3 Å². The second-order valence-electron chi connectivity index (χ2n) is 5.33. The second-order valence-corrected chi connectivity index (χ2v) is 6.17. The molecule has 0 aromatic carbocycles. The molecular weight excluding hydrogens is 299 g/mol. The highest BCUT2D eigenvalue weighted by Gasteiger charge is 2.42. The largest absolute Gasteiger partial charge is 0.339 e. The van der Waals surface area contributed by atoms with E-state index in [0.29, 0.717) is 45.5 Å². The summed E-state index contributed by atoms with van der Waals surface area (Å²) in [6.07, 6.45) is 5.01. The summed E-state index contributed by atoms with van der Waals surface area (Å²) in [5, 5.41) is 8.47. The molecule has 2 bridgehead atoms. The molecule has 2 aromatic heterocycles. The van der Waals surface area contributed by atoms with E-state index in [1.54, 1.807) is 6.07 Å². The van der Waals surface area contributed by atoms with E-state index in [1.807, 2.05) is 0 Å². The molecule has 1 N–H and O–H groups in total. The van der Waals surface area contributed by atoms with Crippen molar-refractivity contribution in [2.24, 2.45) is 0 Å². The van der Waals surface area contributed by atoms with Crippen LogP contribution >= 0.6 is 23.2 Å². The van der Waals surface area contributed by atoms with Gasteiger partial charge in [0.2, 0.25) is 11.7 Å². The molecule has 2 aromatic rings. The number of halogens is 2. The summed E-state index contributed by atoms with van der Waals surface area (Å²) < 4.78 is 5.41. The second kappa shape index (κ2) is 4.69. The van der Waals surface area contributed by atoms with E-state index in [1.165, 1.54) is 19.0 Å². The minimum Gasteiger partial charge on any atom is -0.339 e. The van der Waals surface area contributed by atoms with Gasteiger partial charge in [-0.15, -0.1) is 0 Å². The first-order chi connectivity index (χ1) is 9.70. The average molecular weight is 311 g/mol. The summed E-state index contributed by atoms with van der Waals surface area (Å²) in [5.41, 5.74) is 0.502. The molecule has 2 aliphatic heterocycles. The molecule has 3 atom stereocenters. The Hall–Kier alpha value is -1.17. The molecule has 0 amide bonds. The Balaban J connectivity index is 1.65. The van der Waals surface area contributed by atoms with Crippen LogP contribution < -0.4 is 5.32 Å².